The molecule has 3 heteroatoms. The van der Waals surface area contributed by atoms with Crippen LogP contribution in [0.5, 0.6) is 0 Å². The molecule has 1 rings (SSSR count). The SMILES string of the molecule is C=CC(C)Nc1cncc(Br)c1. The lowest BCUT2D eigenvalue weighted by Crippen LogP contribution is -2.11. The number of nitrogens with one attached hydrogen (secondary N) is 1. The van der Waals surface area contributed by atoms with Crippen LogP contribution in [0, 0.1) is 0 Å². The maximum absolute atomic E-state index is 4.03. The largest absolute Gasteiger partial charge is 0.378 e. The number of hydrogen-bond donors (Lipinski definition) is 1. The lowest BCUT2D eigenvalue weighted by Gasteiger charge is -2.09. The Kier molecular flexibility index (Phi) is 3.29. The van der Waals surface area contributed by atoms with Gasteiger partial charge in [-0.1, -0.05) is 6.08 Å². The van der Waals surface area contributed by atoms with Crippen molar-refractivity contribution in [3.63, 3.8) is 0 Å². The number of anilines is 1. The average Bonchev–Trinajstić information content (AvgIpc) is 2.04. The molecular weight excluding hydrogens is 216 g/mol. The van der Waals surface area contributed by atoms with Gasteiger partial charge in [0, 0.05) is 16.7 Å². The molecule has 0 fully saturated rings. The van der Waals surface area contributed by atoms with Crippen LogP contribution in [0.15, 0.2) is 35.6 Å². The summed E-state index contributed by atoms with van der Waals surface area (Å²) in [6.45, 7) is 5.72. The van der Waals surface area contributed by atoms with Crippen molar-refractivity contribution in [1.29, 1.82) is 0 Å². The van der Waals surface area contributed by atoms with E-state index in [0.717, 1.165) is 10.2 Å². The molecule has 12 heavy (non-hydrogen) atoms. The Morgan fingerprint density at radius 2 is 2.42 bits per heavy atom. The second kappa shape index (κ2) is 4.26. The smallest absolute Gasteiger partial charge is 0.0542 e. The summed E-state index contributed by atoms with van der Waals surface area (Å²) < 4.78 is 0.976. The van der Waals surface area contributed by atoms with Gasteiger partial charge in [0.05, 0.1) is 11.9 Å². The van der Waals surface area contributed by atoms with Gasteiger partial charge in [0.2, 0.25) is 0 Å². The minimum Gasteiger partial charge on any atom is -0.378 e. The molecule has 0 saturated heterocycles. The molecule has 0 aliphatic rings. The van der Waals surface area contributed by atoms with E-state index in [0.29, 0.717) is 0 Å². The number of hydrogen-bond acceptors (Lipinski definition) is 2. The Hall–Kier alpha value is -0.830. The minimum atomic E-state index is 0.265. The fraction of sp³-hybridized carbons (Fsp3) is 0.222. The summed E-state index contributed by atoms with van der Waals surface area (Å²) >= 11 is 3.35. The van der Waals surface area contributed by atoms with E-state index < -0.39 is 0 Å². The molecule has 0 aliphatic heterocycles. The maximum atomic E-state index is 4.03. The molecule has 1 aromatic rings. The molecule has 0 saturated carbocycles. The van der Waals surface area contributed by atoms with Gasteiger partial charge in [0.1, 0.15) is 0 Å². The second-order valence-electron chi connectivity index (χ2n) is 2.56. The highest BCUT2D eigenvalue weighted by molar-refractivity contribution is 9.10. The quantitative estimate of drug-likeness (QED) is 0.803. The Morgan fingerprint density at radius 1 is 1.67 bits per heavy atom. The molecule has 0 aromatic carbocycles. The van der Waals surface area contributed by atoms with Crippen LogP contribution in [-0.2, 0) is 0 Å². The van der Waals surface area contributed by atoms with Gasteiger partial charge >= 0.3 is 0 Å². The summed E-state index contributed by atoms with van der Waals surface area (Å²) in [6.07, 6.45) is 5.38. The van der Waals surface area contributed by atoms with E-state index in [9.17, 15) is 0 Å². The third-order valence-corrected chi connectivity index (χ3v) is 1.89. The van der Waals surface area contributed by atoms with E-state index in [1.54, 1.807) is 12.4 Å². The van der Waals surface area contributed by atoms with Crippen molar-refractivity contribution >= 4 is 21.6 Å². The Morgan fingerprint density at radius 3 is 3.00 bits per heavy atom. The highest BCUT2D eigenvalue weighted by Gasteiger charge is 1.96. The third kappa shape index (κ3) is 2.66. The molecule has 0 aliphatic carbocycles. The number of nitrogens with zero attached hydrogens (tertiary/aromatic N) is 1. The van der Waals surface area contributed by atoms with Crippen LogP contribution in [0.4, 0.5) is 5.69 Å². The van der Waals surface area contributed by atoms with Gasteiger partial charge in [-0.2, -0.15) is 0 Å². The average molecular weight is 227 g/mol. The van der Waals surface area contributed by atoms with Gasteiger partial charge < -0.3 is 5.32 Å². The van der Waals surface area contributed by atoms with Gasteiger partial charge in [-0.15, -0.1) is 6.58 Å². The van der Waals surface area contributed by atoms with Crippen LogP contribution in [0.2, 0.25) is 0 Å². The summed E-state index contributed by atoms with van der Waals surface area (Å²) in [4.78, 5) is 4.03. The van der Waals surface area contributed by atoms with Crippen LogP contribution in [0.1, 0.15) is 6.92 Å². The summed E-state index contributed by atoms with van der Waals surface area (Å²) in [7, 11) is 0. The molecule has 64 valence electrons. The first-order chi connectivity index (χ1) is 5.72. The van der Waals surface area contributed by atoms with E-state index >= 15 is 0 Å². The highest BCUT2D eigenvalue weighted by Crippen LogP contribution is 2.14. The lowest BCUT2D eigenvalue weighted by molar-refractivity contribution is 0.997. The van der Waals surface area contributed by atoms with Crippen molar-refractivity contribution in [3.8, 4) is 0 Å². The molecule has 1 heterocycles. The fourth-order valence-corrected chi connectivity index (χ4v) is 1.18. The summed E-state index contributed by atoms with van der Waals surface area (Å²) in [6, 6.07) is 2.24. The third-order valence-electron chi connectivity index (χ3n) is 1.45. The van der Waals surface area contributed by atoms with Crippen molar-refractivity contribution in [2.45, 2.75) is 13.0 Å². The van der Waals surface area contributed by atoms with Crippen molar-refractivity contribution in [2.24, 2.45) is 0 Å². The minimum absolute atomic E-state index is 0.265. The predicted molar refractivity (Wildman–Crippen MR) is 55.2 cm³/mol. The molecule has 0 amide bonds. The molecular formula is C9H11BrN2. The van der Waals surface area contributed by atoms with E-state index in [1.807, 2.05) is 19.1 Å². The van der Waals surface area contributed by atoms with Crippen LogP contribution >= 0.6 is 15.9 Å². The zero-order chi connectivity index (χ0) is 8.97. The summed E-state index contributed by atoms with van der Waals surface area (Å²) in [5.74, 6) is 0. The van der Waals surface area contributed by atoms with Crippen molar-refractivity contribution in [3.05, 3.63) is 35.6 Å². The Balaban J connectivity index is 2.69. The number of rotatable bonds is 3. The molecule has 1 atom stereocenters. The number of pyridine rings is 1. The summed E-state index contributed by atoms with van der Waals surface area (Å²) in [5, 5.41) is 3.22. The first kappa shape index (κ1) is 9.26. The predicted octanol–water partition coefficient (Wildman–Crippen LogP) is 2.83. The van der Waals surface area contributed by atoms with Gasteiger partial charge in [-0.3, -0.25) is 4.98 Å². The van der Waals surface area contributed by atoms with E-state index in [-0.39, 0.29) is 6.04 Å². The first-order valence-electron chi connectivity index (χ1n) is 3.72. The van der Waals surface area contributed by atoms with Crippen LogP contribution in [0.3, 0.4) is 0 Å². The van der Waals surface area contributed by atoms with Crippen LogP contribution in [0.25, 0.3) is 0 Å². The summed E-state index contributed by atoms with van der Waals surface area (Å²) in [5.41, 5.74) is 0.997. The lowest BCUT2D eigenvalue weighted by atomic mass is 10.3. The van der Waals surface area contributed by atoms with Gasteiger partial charge in [-0.05, 0) is 28.9 Å². The molecule has 1 N–H and O–H groups in total. The van der Waals surface area contributed by atoms with Crippen molar-refractivity contribution in [2.75, 3.05) is 5.32 Å². The zero-order valence-electron chi connectivity index (χ0n) is 6.92. The van der Waals surface area contributed by atoms with Crippen LogP contribution < -0.4 is 5.32 Å². The van der Waals surface area contributed by atoms with E-state index in [2.05, 4.69) is 32.8 Å². The normalized spacial score (nSPS) is 12.2. The molecule has 0 radical (unpaired) electrons. The Labute approximate surface area is 80.8 Å². The number of halogens is 1. The topological polar surface area (TPSA) is 24.9 Å². The van der Waals surface area contributed by atoms with Gasteiger partial charge in [0.15, 0.2) is 0 Å². The molecule has 1 unspecified atom stereocenters. The van der Waals surface area contributed by atoms with Gasteiger partial charge in [0.25, 0.3) is 0 Å². The molecule has 2 nitrogen and oxygen atoms in total. The van der Waals surface area contributed by atoms with E-state index in [4.69, 9.17) is 0 Å². The highest BCUT2D eigenvalue weighted by atomic mass is 79.9. The van der Waals surface area contributed by atoms with E-state index in [1.165, 1.54) is 0 Å². The fourth-order valence-electron chi connectivity index (χ4n) is 0.813. The zero-order valence-corrected chi connectivity index (χ0v) is 8.51. The van der Waals surface area contributed by atoms with Crippen LogP contribution in [-0.4, -0.2) is 11.0 Å². The maximum Gasteiger partial charge on any atom is 0.0542 e. The molecule has 1 aromatic heterocycles. The first-order valence-corrected chi connectivity index (χ1v) is 4.51. The molecule has 0 spiro atoms. The molecule has 0 bridgehead atoms. The second-order valence-corrected chi connectivity index (χ2v) is 3.48. The standard InChI is InChI=1S/C9H11BrN2/c1-3-7(2)12-9-4-8(10)5-11-6-9/h3-7,12H,1H2,2H3. The van der Waals surface area contributed by atoms with Crippen molar-refractivity contribution in [1.82, 2.24) is 4.98 Å². The monoisotopic (exact) mass is 226 g/mol. The Bertz CT molecular complexity index is 273. The van der Waals surface area contributed by atoms with Crippen molar-refractivity contribution < 1.29 is 0 Å². The van der Waals surface area contributed by atoms with Gasteiger partial charge in [-0.25, -0.2) is 0 Å². The number of aromatic nitrogens is 1.